The van der Waals surface area contributed by atoms with E-state index in [0.29, 0.717) is 16.1 Å². The molecule has 34 heavy (non-hydrogen) atoms. The highest BCUT2D eigenvalue weighted by Crippen LogP contribution is 2.32. The molecule has 0 spiro atoms. The molecule has 1 amide bonds. The molecule has 1 atom stereocenters. The lowest BCUT2D eigenvalue weighted by Crippen LogP contribution is -2.28. The lowest BCUT2D eigenvalue weighted by Gasteiger charge is -2.12. The summed E-state index contributed by atoms with van der Waals surface area (Å²) >= 11 is 1.22. The van der Waals surface area contributed by atoms with E-state index in [1.807, 2.05) is 6.07 Å². The maximum Gasteiger partial charge on any atom is 0.416 e. The third kappa shape index (κ3) is 5.20. The Balaban J connectivity index is 1.84. The van der Waals surface area contributed by atoms with Crippen LogP contribution < -0.4 is 5.32 Å². The Hall–Kier alpha value is -3.85. The zero-order chi connectivity index (χ0) is 25.0. The number of aromatic nitrogens is 3. The molecule has 0 bridgehead atoms. The van der Waals surface area contributed by atoms with Crippen LogP contribution in [0.4, 0.5) is 13.2 Å². The van der Waals surface area contributed by atoms with Crippen molar-refractivity contribution in [1.82, 2.24) is 20.4 Å². The first-order valence-electron chi connectivity index (χ1n) is 9.80. The highest BCUT2D eigenvalue weighted by atomic mass is 32.2. The van der Waals surface area contributed by atoms with Crippen LogP contribution in [-0.4, -0.2) is 33.5 Å². The quantitative estimate of drug-likeness (QED) is 0.205. The standard InChI is InChI=1S/C22H19F3N6O2S/c1-5-27-19(14(10-26)12(3)34-4)21(32)28-11(2)16-9-18(33-31-16)20-29-15-7-6-13(22(23,24)25)8-17(15)30-20/h5-9,11H,3H2,1-2,4H3,(H,28,32)(H,29,30)/b19-14-,27-5?/t11-/m1/s1. The van der Waals surface area contributed by atoms with Crippen LogP contribution in [0.5, 0.6) is 0 Å². The summed E-state index contributed by atoms with van der Waals surface area (Å²) in [5, 5.41) is 16.1. The van der Waals surface area contributed by atoms with E-state index < -0.39 is 23.7 Å². The van der Waals surface area contributed by atoms with Crippen LogP contribution in [-0.2, 0) is 11.0 Å². The van der Waals surface area contributed by atoms with Gasteiger partial charge in [-0.25, -0.2) is 4.98 Å². The predicted octanol–water partition coefficient (Wildman–Crippen LogP) is 5.16. The van der Waals surface area contributed by atoms with E-state index in [-0.39, 0.29) is 28.4 Å². The number of carbonyl (C=O) groups excluding carboxylic acids is 1. The summed E-state index contributed by atoms with van der Waals surface area (Å²) in [5.74, 6) is -0.243. The molecule has 2 N–H and O–H groups in total. The zero-order valence-electron chi connectivity index (χ0n) is 18.3. The van der Waals surface area contributed by atoms with Crippen molar-refractivity contribution in [3.63, 3.8) is 0 Å². The summed E-state index contributed by atoms with van der Waals surface area (Å²) in [6.07, 6.45) is -1.36. The average molecular weight is 488 g/mol. The van der Waals surface area contributed by atoms with E-state index in [9.17, 15) is 23.2 Å². The van der Waals surface area contributed by atoms with Gasteiger partial charge in [0, 0.05) is 17.2 Å². The van der Waals surface area contributed by atoms with Gasteiger partial charge < -0.3 is 14.8 Å². The van der Waals surface area contributed by atoms with E-state index in [4.69, 9.17) is 4.52 Å². The normalized spacial score (nSPS) is 13.6. The third-order valence-electron chi connectivity index (χ3n) is 4.71. The zero-order valence-corrected chi connectivity index (χ0v) is 19.1. The van der Waals surface area contributed by atoms with Gasteiger partial charge in [0.25, 0.3) is 5.91 Å². The van der Waals surface area contributed by atoms with Gasteiger partial charge in [-0.3, -0.25) is 9.79 Å². The number of aliphatic imine (C=N–C) groups is 1. The largest absolute Gasteiger partial charge is 0.416 e. The number of imidazole rings is 1. The Labute approximate surface area is 196 Å². The minimum absolute atomic E-state index is 0.0524. The lowest BCUT2D eigenvalue weighted by molar-refractivity contribution is -0.137. The molecule has 1 aromatic carbocycles. The van der Waals surface area contributed by atoms with E-state index in [2.05, 4.69) is 32.0 Å². The number of amides is 1. The number of rotatable bonds is 7. The topological polar surface area (TPSA) is 120 Å². The molecular weight excluding hydrogens is 469 g/mol. The summed E-state index contributed by atoms with van der Waals surface area (Å²) in [5.41, 5.74) is 0.0161. The first kappa shape index (κ1) is 24.8. The number of hydrogen-bond acceptors (Lipinski definition) is 7. The minimum Gasteiger partial charge on any atom is -0.353 e. The van der Waals surface area contributed by atoms with Gasteiger partial charge in [0.15, 0.2) is 5.82 Å². The average Bonchev–Trinajstić information content (AvgIpc) is 3.44. The number of halogens is 3. The number of nitrogens with one attached hydrogen (secondary N) is 2. The molecule has 3 aromatic rings. The monoisotopic (exact) mass is 488 g/mol. The van der Waals surface area contributed by atoms with Gasteiger partial charge in [0.2, 0.25) is 5.76 Å². The number of hydrogen-bond donors (Lipinski definition) is 2. The Morgan fingerprint density at radius 3 is 2.76 bits per heavy atom. The van der Waals surface area contributed by atoms with E-state index in [0.717, 1.165) is 12.1 Å². The Bertz CT molecular complexity index is 1350. The number of fused-ring (bicyclic) bond motifs is 1. The van der Waals surface area contributed by atoms with Gasteiger partial charge in [-0.05, 0) is 38.3 Å². The van der Waals surface area contributed by atoms with Crippen LogP contribution in [0, 0.1) is 11.3 Å². The first-order chi connectivity index (χ1) is 16.1. The van der Waals surface area contributed by atoms with Crippen molar-refractivity contribution in [1.29, 1.82) is 5.26 Å². The van der Waals surface area contributed by atoms with E-state index in [1.54, 1.807) is 20.1 Å². The predicted molar refractivity (Wildman–Crippen MR) is 123 cm³/mol. The molecule has 0 aliphatic rings. The molecule has 12 heteroatoms. The number of thioether (sulfide) groups is 1. The Kier molecular flexibility index (Phi) is 7.26. The molecular formula is C22H19F3N6O2S. The van der Waals surface area contributed by atoms with Crippen LogP contribution in [0.3, 0.4) is 0 Å². The summed E-state index contributed by atoms with van der Waals surface area (Å²) < 4.78 is 44.1. The van der Waals surface area contributed by atoms with Gasteiger partial charge in [0.05, 0.1) is 28.2 Å². The maximum atomic E-state index is 13.0. The number of aromatic amines is 1. The highest BCUT2D eigenvalue weighted by molar-refractivity contribution is 8.02. The van der Waals surface area contributed by atoms with Crippen molar-refractivity contribution in [3.8, 4) is 17.7 Å². The summed E-state index contributed by atoms with van der Waals surface area (Å²) in [6, 6.07) is 5.98. The van der Waals surface area contributed by atoms with Crippen molar-refractivity contribution in [2.45, 2.75) is 26.1 Å². The van der Waals surface area contributed by atoms with Gasteiger partial charge in [-0.1, -0.05) is 11.7 Å². The molecule has 0 unspecified atom stereocenters. The second kappa shape index (κ2) is 9.96. The lowest BCUT2D eigenvalue weighted by atomic mass is 10.1. The Morgan fingerprint density at radius 2 is 2.15 bits per heavy atom. The molecule has 2 aromatic heterocycles. The van der Waals surface area contributed by atoms with Crippen molar-refractivity contribution < 1.29 is 22.5 Å². The fourth-order valence-corrected chi connectivity index (χ4v) is 3.31. The molecule has 8 nitrogen and oxygen atoms in total. The highest BCUT2D eigenvalue weighted by Gasteiger charge is 2.31. The van der Waals surface area contributed by atoms with Crippen molar-refractivity contribution >= 4 is 34.9 Å². The molecule has 0 aliphatic heterocycles. The number of alkyl halides is 3. The van der Waals surface area contributed by atoms with Crippen LogP contribution in [0.15, 0.2) is 56.5 Å². The summed E-state index contributed by atoms with van der Waals surface area (Å²) in [6.45, 7) is 7.03. The van der Waals surface area contributed by atoms with Gasteiger partial charge in [-0.2, -0.15) is 18.4 Å². The first-order valence-corrected chi connectivity index (χ1v) is 11.0. The molecule has 176 valence electrons. The molecule has 0 radical (unpaired) electrons. The van der Waals surface area contributed by atoms with Gasteiger partial charge in [-0.15, -0.1) is 11.8 Å². The molecule has 3 rings (SSSR count). The molecule has 0 saturated carbocycles. The Morgan fingerprint density at radius 1 is 1.41 bits per heavy atom. The molecule has 0 saturated heterocycles. The summed E-state index contributed by atoms with van der Waals surface area (Å²) in [7, 11) is 0. The number of nitrogens with zero attached hydrogens (tertiary/aromatic N) is 4. The van der Waals surface area contributed by atoms with E-state index in [1.165, 1.54) is 30.1 Å². The van der Waals surface area contributed by atoms with Gasteiger partial charge in [0.1, 0.15) is 17.5 Å². The maximum absolute atomic E-state index is 13.0. The second-order valence-electron chi connectivity index (χ2n) is 6.98. The van der Waals surface area contributed by atoms with Crippen LogP contribution in [0.2, 0.25) is 0 Å². The minimum atomic E-state index is -4.48. The number of benzene rings is 1. The van der Waals surface area contributed by atoms with Crippen LogP contribution in [0.25, 0.3) is 22.6 Å². The van der Waals surface area contributed by atoms with E-state index >= 15 is 0 Å². The van der Waals surface area contributed by atoms with Crippen molar-refractivity contribution in [2.75, 3.05) is 6.26 Å². The van der Waals surface area contributed by atoms with Gasteiger partial charge >= 0.3 is 6.18 Å². The SMILES string of the molecule is C=C(SC)/C(C#N)=C(\N=CC)C(=O)N[C@H](C)c1cc(-c2nc3ccc(C(F)(F)F)cc3[nH]2)on1. The summed E-state index contributed by atoms with van der Waals surface area (Å²) in [4.78, 5) is 24.2. The number of allylic oxidation sites excluding steroid dienone is 1. The third-order valence-corrected chi connectivity index (χ3v) is 5.41. The molecule has 0 aliphatic carbocycles. The fraction of sp³-hybridized carbons (Fsp3) is 0.227. The van der Waals surface area contributed by atoms with Crippen LogP contribution in [0.1, 0.15) is 31.1 Å². The van der Waals surface area contributed by atoms with Crippen molar-refractivity contribution in [2.24, 2.45) is 4.99 Å². The van der Waals surface area contributed by atoms with Crippen molar-refractivity contribution in [3.05, 3.63) is 58.3 Å². The van der Waals surface area contributed by atoms with Crippen LogP contribution >= 0.6 is 11.8 Å². The number of nitriles is 1. The number of H-pyrrole nitrogens is 1. The molecule has 2 heterocycles. The second-order valence-corrected chi connectivity index (χ2v) is 7.88. The number of carbonyl (C=O) groups is 1. The fourth-order valence-electron chi connectivity index (χ4n) is 2.96. The smallest absolute Gasteiger partial charge is 0.353 e. The molecule has 0 fully saturated rings.